The molecule has 1 unspecified atom stereocenters. The Morgan fingerprint density at radius 3 is 2.58 bits per heavy atom. The molecule has 4 heteroatoms. The molecule has 0 saturated carbocycles. The second-order valence-corrected chi connectivity index (χ2v) is 2.17. The van der Waals surface area contributed by atoms with Crippen LogP contribution in [0.3, 0.4) is 0 Å². The molecule has 0 aromatic heterocycles. The topological polar surface area (TPSA) is 55.4 Å². The molecule has 0 bridgehead atoms. The summed E-state index contributed by atoms with van der Waals surface area (Å²) in [7, 11) is 1.24. The number of ether oxygens (including phenoxy) is 1. The number of carbonyl (C=O) groups excluding carboxylic acids is 2. The smallest absolute Gasteiger partial charge is 0.407 e. The monoisotopic (exact) mass is 171 g/mol. The fraction of sp³-hybridized carbons (Fsp3) is 0.500. The molecule has 0 heterocycles. The predicted molar refractivity (Wildman–Crippen MR) is 44.8 cm³/mol. The molecule has 1 atom stereocenters. The lowest BCUT2D eigenvalue weighted by Crippen LogP contribution is -2.38. The largest absolute Gasteiger partial charge is 0.453 e. The van der Waals surface area contributed by atoms with E-state index < -0.39 is 12.1 Å². The summed E-state index contributed by atoms with van der Waals surface area (Å²) in [5, 5.41) is 2.34. The summed E-state index contributed by atoms with van der Waals surface area (Å²) in [5.74, 6) is -0.0876. The minimum absolute atomic E-state index is 0.0876. The Balaban J connectivity index is 4.08. The first-order valence-electron chi connectivity index (χ1n) is 3.65. The normalized spacial score (nSPS) is 11.5. The Labute approximate surface area is 71.6 Å². The van der Waals surface area contributed by atoms with Gasteiger partial charge in [-0.05, 0) is 0 Å². The molecule has 0 fully saturated rings. The summed E-state index contributed by atoms with van der Waals surface area (Å²) >= 11 is 0. The molecule has 1 amide bonds. The van der Waals surface area contributed by atoms with Crippen molar-refractivity contribution in [2.75, 3.05) is 7.11 Å². The second-order valence-electron chi connectivity index (χ2n) is 2.17. The van der Waals surface area contributed by atoms with E-state index in [1.54, 1.807) is 6.92 Å². The SMILES string of the molecule is C=CC(NC(=O)OC)C(=O)CC. The van der Waals surface area contributed by atoms with Crippen molar-refractivity contribution in [2.24, 2.45) is 0 Å². The van der Waals surface area contributed by atoms with Crippen molar-refractivity contribution in [3.8, 4) is 0 Å². The van der Waals surface area contributed by atoms with Gasteiger partial charge < -0.3 is 10.1 Å². The minimum atomic E-state index is -0.637. The maximum Gasteiger partial charge on any atom is 0.407 e. The summed E-state index contributed by atoms with van der Waals surface area (Å²) < 4.78 is 4.33. The zero-order valence-corrected chi connectivity index (χ0v) is 7.29. The van der Waals surface area contributed by atoms with Crippen molar-refractivity contribution in [1.82, 2.24) is 5.32 Å². The van der Waals surface area contributed by atoms with Gasteiger partial charge in [-0.1, -0.05) is 13.0 Å². The molecule has 0 aliphatic carbocycles. The van der Waals surface area contributed by atoms with Gasteiger partial charge in [0, 0.05) is 6.42 Å². The first-order chi connectivity index (χ1) is 5.65. The van der Waals surface area contributed by atoms with Crippen molar-refractivity contribution in [1.29, 1.82) is 0 Å². The lowest BCUT2D eigenvalue weighted by atomic mass is 10.1. The van der Waals surface area contributed by atoms with E-state index in [0.29, 0.717) is 6.42 Å². The number of ketones is 1. The average Bonchev–Trinajstić information content (AvgIpc) is 2.12. The maximum absolute atomic E-state index is 11.1. The van der Waals surface area contributed by atoms with Gasteiger partial charge in [0.05, 0.1) is 7.11 Å². The average molecular weight is 171 g/mol. The number of methoxy groups -OCH3 is 1. The van der Waals surface area contributed by atoms with E-state index in [1.807, 2.05) is 0 Å². The van der Waals surface area contributed by atoms with Crippen LogP contribution >= 0.6 is 0 Å². The molecule has 12 heavy (non-hydrogen) atoms. The molecule has 0 aromatic carbocycles. The van der Waals surface area contributed by atoms with E-state index in [-0.39, 0.29) is 5.78 Å². The Kier molecular flexibility index (Phi) is 4.76. The first kappa shape index (κ1) is 10.7. The molecule has 4 nitrogen and oxygen atoms in total. The molecule has 0 radical (unpaired) electrons. The van der Waals surface area contributed by atoms with Crippen molar-refractivity contribution >= 4 is 11.9 Å². The molecule has 0 spiro atoms. The van der Waals surface area contributed by atoms with E-state index in [9.17, 15) is 9.59 Å². The lowest BCUT2D eigenvalue weighted by Gasteiger charge is -2.10. The van der Waals surface area contributed by atoms with Gasteiger partial charge in [0.15, 0.2) is 5.78 Å². The molecule has 0 rings (SSSR count). The van der Waals surface area contributed by atoms with E-state index in [4.69, 9.17) is 0 Å². The van der Waals surface area contributed by atoms with Gasteiger partial charge in [-0.15, -0.1) is 6.58 Å². The summed E-state index contributed by atoms with van der Waals surface area (Å²) in [5.41, 5.74) is 0. The molecule has 0 saturated heterocycles. The van der Waals surface area contributed by atoms with Gasteiger partial charge in [-0.2, -0.15) is 0 Å². The standard InChI is InChI=1S/C8H13NO3/c1-4-6(7(10)5-2)9-8(11)12-3/h4,6H,1,5H2,2-3H3,(H,9,11). The van der Waals surface area contributed by atoms with E-state index in [1.165, 1.54) is 13.2 Å². The number of hydrogen-bond acceptors (Lipinski definition) is 3. The quantitative estimate of drug-likeness (QED) is 0.639. The van der Waals surface area contributed by atoms with Crippen molar-refractivity contribution in [3.63, 3.8) is 0 Å². The van der Waals surface area contributed by atoms with Crippen molar-refractivity contribution in [3.05, 3.63) is 12.7 Å². The molecular weight excluding hydrogens is 158 g/mol. The van der Waals surface area contributed by atoms with E-state index in [0.717, 1.165) is 0 Å². The number of amides is 1. The Hall–Kier alpha value is -1.32. The second kappa shape index (κ2) is 5.35. The number of carbonyl (C=O) groups is 2. The molecule has 0 aliphatic rings. The van der Waals surface area contributed by atoms with Crippen LogP contribution < -0.4 is 5.32 Å². The number of nitrogens with one attached hydrogen (secondary N) is 1. The molecule has 1 N–H and O–H groups in total. The Morgan fingerprint density at radius 2 is 2.25 bits per heavy atom. The Morgan fingerprint density at radius 1 is 1.67 bits per heavy atom. The Bertz CT molecular complexity index is 189. The van der Waals surface area contributed by atoms with E-state index >= 15 is 0 Å². The van der Waals surface area contributed by atoms with Crippen LogP contribution in [0.25, 0.3) is 0 Å². The van der Waals surface area contributed by atoms with Crippen LogP contribution in [-0.4, -0.2) is 25.0 Å². The third-order valence-corrected chi connectivity index (χ3v) is 1.39. The first-order valence-corrected chi connectivity index (χ1v) is 3.65. The van der Waals surface area contributed by atoms with Crippen LogP contribution in [0, 0.1) is 0 Å². The van der Waals surface area contributed by atoms with Crippen LogP contribution in [0.2, 0.25) is 0 Å². The highest BCUT2D eigenvalue weighted by Crippen LogP contribution is 1.92. The van der Waals surface area contributed by atoms with Gasteiger partial charge in [0.1, 0.15) is 6.04 Å². The van der Waals surface area contributed by atoms with Crippen molar-refractivity contribution in [2.45, 2.75) is 19.4 Å². The molecule has 0 aromatic rings. The van der Waals surface area contributed by atoms with Crippen LogP contribution in [0.5, 0.6) is 0 Å². The predicted octanol–water partition coefficient (Wildman–Crippen LogP) is 0.876. The fourth-order valence-electron chi connectivity index (χ4n) is 0.677. The zero-order valence-electron chi connectivity index (χ0n) is 7.29. The van der Waals surface area contributed by atoms with Crippen LogP contribution in [0.15, 0.2) is 12.7 Å². The lowest BCUT2D eigenvalue weighted by molar-refractivity contribution is -0.119. The number of Topliss-reactive ketones (excluding diaryl/α,β-unsaturated/α-hetero) is 1. The number of alkyl carbamates (subject to hydrolysis) is 1. The molecule has 0 aliphatic heterocycles. The van der Waals surface area contributed by atoms with Crippen LogP contribution in [-0.2, 0) is 9.53 Å². The van der Waals surface area contributed by atoms with Gasteiger partial charge in [-0.25, -0.2) is 4.79 Å². The van der Waals surface area contributed by atoms with Crippen molar-refractivity contribution < 1.29 is 14.3 Å². The van der Waals surface area contributed by atoms with Gasteiger partial charge in [-0.3, -0.25) is 4.79 Å². The minimum Gasteiger partial charge on any atom is -0.453 e. The third-order valence-electron chi connectivity index (χ3n) is 1.39. The number of hydrogen-bond donors (Lipinski definition) is 1. The molecular formula is C8H13NO3. The summed E-state index contributed by atoms with van der Waals surface area (Å²) in [6, 6.07) is -0.637. The maximum atomic E-state index is 11.1. The van der Waals surface area contributed by atoms with Crippen LogP contribution in [0.4, 0.5) is 4.79 Å². The summed E-state index contributed by atoms with van der Waals surface area (Å²) in [6.45, 7) is 5.15. The highest BCUT2D eigenvalue weighted by Gasteiger charge is 2.14. The number of rotatable bonds is 4. The summed E-state index contributed by atoms with van der Waals surface area (Å²) in [6.07, 6.45) is 1.12. The van der Waals surface area contributed by atoms with Gasteiger partial charge in [0.25, 0.3) is 0 Å². The highest BCUT2D eigenvalue weighted by molar-refractivity contribution is 5.88. The third kappa shape index (κ3) is 3.18. The fourth-order valence-corrected chi connectivity index (χ4v) is 0.677. The van der Waals surface area contributed by atoms with Gasteiger partial charge in [0.2, 0.25) is 0 Å². The van der Waals surface area contributed by atoms with Gasteiger partial charge >= 0.3 is 6.09 Å². The zero-order chi connectivity index (χ0) is 9.56. The molecule has 68 valence electrons. The van der Waals surface area contributed by atoms with Crippen LogP contribution in [0.1, 0.15) is 13.3 Å². The summed E-state index contributed by atoms with van der Waals surface area (Å²) in [4.78, 5) is 21.7. The van der Waals surface area contributed by atoms with E-state index in [2.05, 4.69) is 16.6 Å². The highest BCUT2D eigenvalue weighted by atomic mass is 16.5.